The zero-order valence-corrected chi connectivity index (χ0v) is 22.1. The monoisotopic (exact) mass is 530 g/mol. The van der Waals surface area contributed by atoms with Gasteiger partial charge in [0, 0.05) is 36.9 Å². The number of hydrogen-bond acceptors (Lipinski definition) is 7. The van der Waals surface area contributed by atoms with Gasteiger partial charge in [-0.3, -0.25) is 24.8 Å². The maximum absolute atomic E-state index is 13.5. The van der Waals surface area contributed by atoms with E-state index >= 15 is 0 Å². The van der Waals surface area contributed by atoms with Crippen LogP contribution in [0.15, 0.2) is 71.8 Å². The molecule has 5 heterocycles. The Labute approximate surface area is 230 Å². The summed E-state index contributed by atoms with van der Waals surface area (Å²) in [6.07, 6.45) is 8.35. The van der Waals surface area contributed by atoms with E-state index in [-0.39, 0.29) is 22.4 Å². The van der Waals surface area contributed by atoms with Crippen molar-refractivity contribution in [1.29, 1.82) is 0 Å². The molecule has 200 valence electrons. The number of nitrogens with one attached hydrogen (secondary N) is 2. The number of piperidine rings is 1. The summed E-state index contributed by atoms with van der Waals surface area (Å²) in [5.74, 6) is 0.595. The molecule has 8 rings (SSSR count). The van der Waals surface area contributed by atoms with E-state index in [4.69, 9.17) is 10.7 Å². The average Bonchev–Trinajstić information content (AvgIpc) is 3.62. The number of fused-ring (bicyclic) bond motifs is 2. The molecule has 2 fully saturated rings. The van der Waals surface area contributed by atoms with Gasteiger partial charge in [-0.15, -0.1) is 0 Å². The number of rotatable bonds is 4. The average molecular weight is 531 g/mol. The fraction of sp³-hybridized carbons (Fsp3) is 0.323. The van der Waals surface area contributed by atoms with Crippen molar-refractivity contribution >= 4 is 17.0 Å². The van der Waals surface area contributed by atoms with Crippen LogP contribution < -0.4 is 16.2 Å². The molecule has 0 radical (unpaired) electrons. The van der Waals surface area contributed by atoms with Gasteiger partial charge in [0.25, 0.3) is 5.56 Å². The van der Waals surface area contributed by atoms with Gasteiger partial charge >= 0.3 is 0 Å². The van der Waals surface area contributed by atoms with Crippen LogP contribution in [0.2, 0.25) is 0 Å². The van der Waals surface area contributed by atoms with Crippen molar-refractivity contribution in [3.63, 3.8) is 0 Å². The van der Waals surface area contributed by atoms with Gasteiger partial charge in [-0.05, 0) is 78.5 Å². The topological polar surface area (TPSA) is 129 Å². The molecular weight excluding hydrogens is 500 g/mol. The molecule has 40 heavy (non-hydrogen) atoms. The third kappa shape index (κ3) is 3.47. The zero-order chi connectivity index (χ0) is 26.9. The van der Waals surface area contributed by atoms with E-state index in [1.165, 1.54) is 11.1 Å². The molecule has 1 aliphatic heterocycles. The van der Waals surface area contributed by atoms with Gasteiger partial charge in [-0.25, -0.2) is 0 Å². The molecule has 0 bridgehead atoms. The maximum atomic E-state index is 13.5. The highest BCUT2D eigenvalue weighted by Gasteiger charge is 2.50. The molecule has 0 amide bonds. The van der Waals surface area contributed by atoms with Crippen LogP contribution in [0.4, 0.5) is 5.95 Å². The molecule has 1 atom stereocenters. The Balaban J connectivity index is 1.08. The van der Waals surface area contributed by atoms with Crippen LogP contribution in [0.5, 0.6) is 0 Å². The van der Waals surface area contributed by atoms with E-state index in [2.05, 4.69) is 60.4 Å². The molecule has 1 saturated heterocycles. The van der Waals surface area contributed by atoms with E-state index in [9.17, 15) is 4.79 Å². The number of aromatic amines is 2. The Bertz CT molecular complexity index is 1800. The second-order valence-electron chi connectivity index (χ2n) is 11.6. The van der Waals surface area contributed by atoms with Crippen molar-refractivity contribution in [3.8, 4) is 11.4 Å². The Hall–Kier alpha value is -4.37. The summed E-state index contributed by atoms with van der Waals surface area (Å²) in [7, 11) is 0. The standard InChI is InChI=1S/C31H30N8O/c32-25-21-6-2-1-5-19(21)18-30(25)11-15-39(16-12-30)29-35-27-24(28(40)36-29)26(37-38-27)31(9-10-31)20-8-14-34-23(17-20)22-7-3-4-13-33-22/h1-8,13-14,17,25H,9-12,15-16,18,32H2,(H2,35,36,37,38,40)/t25-/m1/s1. The van der Waals surface area contributed by atoms with Crippen molar-refractivity contribution < 1.29 is 0 Å². The summed E-state index contributed by atoms with van der Waals surface area (Å²) in [6.45, 7) is 1.60. The fourth-order valence-electron chi connectivity index (χ4n) is 7.06. The molecule has 9 nitrogen and oxygen atoms in total. The Kier molecular flexibility index (Phi) is 5.03. The molecule has 1 saturated carbocycles. The number of pyridine rings is 2. The molecule has 4 aromatic heterocycles. The summed E-state index contributed by atoms with van der Waals surface area (Å²) >= 11 is 0. The predicted octanol–water partition coefficient (Wildman–Crippen LogP) is 4.03. The molecule has 1 spiro atoms. The first-order valence-corrected chi connectivity index (χ1v) is 14.0. The summed E-state index contributed by atoms with van der Waals surface area (Å²) < 4.78 is 0. The number of anilines is 1. The van der Waals surface area contributed by atoms with Crippen molar-refractivity contribution in [2.24, 2.45) is 11.1 Å². The first-order valence-electron chi connectivity index (χ1n) is 14.0. The fourth-order valence-corrected chi connectivity index (χ4v) is 7.06. The first kappa shape index (κ1) is 23.5. The Morgan fingerprint density at radius 3 is 2.50 bits per heavy atom. The van der Waals surface area contributed by atoms with Gasteiger partial charge in [0.15, 0.2) is 5.65 Å². The van der Waals surface area contributed by atoms with Crippen LogP contribution in [0.25, 0.3) is 22.4 Å². The lowest BCUT2D eigenvalue weighted by molar-refractivity contribution is 0.187. The van der Waals surface area contributed by atoms with E-state index in [0.29, 0.717) is 17.0 Å². The second-order valence-corrected chi connectivity index (χ2v) is 11.6. The minimum absolute atomic E-state index is 0.0524. The van der Waals surface area contributed by atoms with Crippen molar-refractivity contribution in [2.75, 3.05) is 18.0 Å². The number of aromatic nitrogens is 6. The molecule has 9 heteroatoms. The van der Waals surface area contributed by atoms with Crippen molar-refractivity contribution in [1.82, 2.24) is 30.1 Å². The molecule has 4 N–H and O–H groups in total. The highest BCUT2D eigenvalue weighted by molar-refractivity contribution is 5.80. The maximum Gasteiger partial charge on any atom is 0.263 e. The number of H-pyrrole nitrogens is 2. The van der Waals surface area contributed by atoms with Gasteiger partial charge in [-0.1, -0.05) is 30.3 Å². The Morgan fingerprint density at radius 1 is 0.925 bits per heavy atom. The van der Waals surface area contributed by atoms with Gasteiger partial charge < -0.3 is 10.6 Å². The summed E-state index contributed by atoms with van der Waals surface area (Å²) in [4.78, 5) is 32.6. The lowest BCUT2D eigenvalue weighted by Crippen LogP contribution is -2.45. The van der Waals surface area contributed by atoms with Crippen LogP contribution in [0, 0.1) is 5.41 Å². The smallest absolute Gasteiger partial charge is 0.263 e. The summed E-state index contributed by atoms with van der Waals surface area (Å²) in [5.41, 5.74) is 13.0. The van der Waals surface area contributed by atoms with Crippen LogP contribution in [-0.4, -0.2) is 43.2 Å². The third-order valence-electron chi connectivity index (χ3n) is 9.51. The van der Waals surface area contributed by atoms with Crippen LogP contribution >= 0.6 is 0 Å². The number of nitrogens with two attached hydrogens (primary N) is 1. The van der Waals surface area contributed by atoms with E-state index < -0.39 is 0 Å². The van der Waals surface area contributed by atoms with Crippen LogP contribution in [0.1, 0.15) is 54.1 Å². The highest BCUT2D eigenvalue weighted by Crippen LogP contribution is 2.54. The lowest BCUT2D eigenvalue weighted by atomic mass is 9.73. The van der Waals surface area contributed by atoms with Crippen LogP contribution in [0.3, 0.4) is 0 Å². The van der Waals surface area contributed by atoms with Gasteiger partial charge in [-0.2, -0.15) is 10.1 Å². The normalized spacial score (nSPS) is 20.6. The van der Waals surface area contributed by atoms with Gasteiger partial charge in [0.1, 0.15) is 5.39 Å². The SMILES string of the molecule is N[C@@H]1c2ccccc2CC12CCN(c1nc3[nH]nc(C4(c5ccnc(-c6ccccn6)c5)CC4)c3c(=O)[nH]1)CC2. The lowest BCUT2D eigenvalue weighted by Gasteiger charge is -2.42. The molecule has 0 unspecified atom stereocenters. The molecule has 3 aliphatic rings. The Morgan fingerprint density at radius 2 is 1.73 bits per heavy atom. The molecule has 2 aliphatic carbocycles. The largest absolute Gasteiger partial charge is 0.342 e. The molecule has 5 aromatic rings. The van der Waals surface area contributed by atoms with Crippen molar-refractivity contribution in [3.05, 3.63) is 99.7 Å². The summed E-state index contributed by atoms with van der Waals surface area (Å²) in [6, 6.07) is 18.5. The quantitative estimate of drug-likeness (QED) is 0.320. The minimum atomic E-state index is -0.327. The first-order chi connectivity index (χ1) is 19.6. The number of nitrogens with zero attached hydrogens (tertiary/aromatic N) is 5. The number of benzene rings is 1. The number of hydrogen-bond donors (Lipinski definition) is 3. The van der Waals surface area contributed by atoms with E-state index in [1.54, 1.807) is 6.20 Å². The van der Waals surface area contributed by atoms with Gasteiger partial charge in [0.05, 0.1) is 17.1 Å². The third-order valence-corrected chi connectivity index (χ3v) is 9.51. The highest BCUT2D eigenvalue weighted by atomic mass is 16.1. The second kappa shape index (κ2) is 8.56. The van der Waals surface area contributed by atoms with E-state index in [0.717, 1.165) is 67.8 Å². The van der Waals surface area contributed by atoms with Crippen LogP contribution in [-0.2, 0) is 11.8 Å². The predicted molar refractivity (Wildman–Crippen MR) is 153 cm³/mol. The zero-order valence-electron chi connectivity index (χ0n) is 22.1. The minimum Gasteiger partial charge on any atom is -0.342 e. The van der Waals surface area contributed by atoms with E-state index in [1.807, 2.05) is 30.5 Å². The van der Waals surface area contributed by atoms with Gasteiger partial charge in [0.2, 0.25) is 5.95 Å². The molecular formula is C31H30N8O. The molecule has 1 aromatic carbocycles. The summed E-state index contributed by atoms with van der Waals surface area (Å²) in [5, 5.41) is 8.29. The van der Waals surface area contributed by atoms with Crippen molar-refractivity contribution in [2.45, 2.75) is 43.6 Å².